The maximum absolute atomic E-state index is 13.9. The summed E-state index contributed by atoms with van der Waals surface area (Å²) >= 11 is 0. The number of benzene rings is 1. The van der Waals surface area contributed by atoms with Crippen molar-refractivity contribution in [1.82, 2.24) is 4.90 Å². The lowest BCUT2D eigenvalue weighted by molar-refractivity contribution is 0.0164. The lowest BCUT2D eigenvalue weighted by atomic mass is 9.98. The second-order valence-electron chi connectivity index (χ2n) is 7.32. The molecule has 2 rings (SSSR count). The zero-order chi connectivity index (χ0) is 19.3. The van der Waals surface area contributed by atoms with Gasteiger partial charge in [0.2, 0.25) is 0 Å². The van der Waals surface area contributed by atoms with E-state index in [0.717, 1.165) is 12.8 Å². The van der Waals surface area contributed by atoms with Crippen LogP contribution in [-0.4, -0.2) is 43.4 Å². The number of likely N-dealkylation sites (tertiary alicyclic amines) is 1. The van der Waals surface area contributed by atoms with Crippen molar-refractivity contribution in [1.29, 1.82) is 5.26 Å². The molecule has 0 aliphatic carbocycles. The van der Waals surface area contributed by atoms with Gasteiger partial charge in [0.05, 0.1) is 13.7 Å². The van der Waals surface area contributed by atoms with E-state index in [1.54, 1.807) is 11.0 Å². The molecule has 0 N–H and O–H groups in total. The number of methoxy groups -OCH3 is 1. The Hall–Kier alpha value is -2.49. The van der Waals surface area contributed by atoms with Gasteiger partial charge in [0, 0.05) is 25.2 Å². The number of carbonyl (C=O) groups is 1. The SMILES string of the molecule is COc1cc(OCC2CCN(C(=O)OC(C)(C)C)CC2)cc(F)c1C#N. The van der Waals surface area contributed by atoms with Crippen molar-refractivity contribution in [2.24, 2.45) is 5.92 Å². The van der Waals surface area contributed by atoms with E-state index >= 15 is 0 Å². The molecule has 1 aliphatic heterocycles. The van der Waals surface area contributed by atoms with Gasteiger partial charge in [-0.25, -0.2) is 9.18 Å². The lowest BCUT2D eigenvalue weighted by Gasteiger charge is -2.33. The first-order valence-corrected chi connectivity index (χ1v) is 8.62. The van der Waals surface area contributed by atoms with Crippen LogP contribution in [0.5, 0.6) is 11.5 Å². The molecule has 0 atom stereocenters. The molecule has 0 aromatic heterocycles. The standard InChI is InChI=1S/C19H25FN2O4/c1-19(2,3)26-18(23)22-7-5-13(6-8-22)12-25-14-9-16(20)15(11-21)17(10-14)24-4/h9-10,13H,5-8,12H2,1-4H3. The van der Waals surface area contributed by atoms with Gasteiger partial charge in [-0.1, -0.05) is 0 Å². The van der Waals surface area contributed by atoms with E-state index in [2.05, 4.69) is 0 Å². The van der Waals surface area contributed by atoms with Gasteiger partial charge in [-0.2, -0.15) is 5.26 Å². The molecule has 7 heteroatoms. The van der Waals surface area contributed by atoms with Crippen LogP contribution in [0, 0.1) is 23.1 Å². The van der Waals surface area contributed by atoms with Crippen molar-refractivity contribution in [3.05, 3.63) is 23.5 Å². The van der Waals surface area contributed by atoms with Crippen molar-refractivity contribution in [3.8, 4) is 17.6 Å². The summed E-state index contributed by atoms with van der Waals surface area (Å²) in [5.41, 5.74) is -0.638. The van der Waals surface area contributed by atoms with Crippen molar-refractivity contribution >= 4 is 6.09 Å². The van der Waals surface area contributed by atoms with Crippen LogP contribution in [0.1, 0.15) is 39.2 Å². The highest BCUT2D eigenvalue weighted by Crippen LogP contribution is 2.28. The average molecular weight is 364 g/mol. The number of hydrogen-bond donors (Lipinski definition) is 0. The maximum atomic E-state index is 13.9. The minimum atomic E-state index is -0.665. The average Bonchev–Trinajstić information content (AvgIpc) is 2.58. The Kier molecular flexibility index (Phi) is 6.30. The number of hydrogen-bond acceptors (Lipinski definition) is 5. The summed E-state index contributed by atoms with van der Waals surface area (Å²) in [6, 6.07) is 4.48. The molecular weight excluding hydrogens is 339 g/mol. The summed E-state index contributed by atoms with van der Waals surface area (Å²) < 4.78 is 30.0. The predicted molar refractivity (Wildman–Crippen MR) is 93.7 cm³/mol. The Morgan fingerprint density at radius 3 is 2.54 bits per heavy atom. The zero-order valence-electron chi connectivity index (χ0n) is 15.7. The molecule has 1 heterocycles. The van der Waals surface area contributed by atoms with Crippen molar-refractivity contribution in [2.45, 2.75) is 39.2 Å². The molecule has 0 spiro atoms. The van der Waals surface area contributed by atoms with Crippen molar-refractivity contribution < 1.29 is 23.4 Å². The molecule has 26 heavy (non-hydrogen) atoms. The number of amides is 1. The molecule has 1 fully saturated rings. The summed E-state index contributed by atoms with van der Waals surface area (Å²) in [6.45, 7) is 7.15. The third kappa shape index (κ3) is 5.25. The highest BCUT2D eigenvalue weighted by atomic mass is 19.1. The fraction of sp³-hybridized carbons (Fsp3) is 0.579. The molecule has 0 radical (unpaired) electrons. The van der Waals surface area contributed by atoms with Crippen LogP contribution in [0.2, 0.25) is 0 Å². The zero-order valence-corrected chi connectivity index (χ0v) is 15.7. The largest absolute Gasteiger partial charge is 0.495 e. The molecular formula is C19H25FN2O4. The number of carbonyl (C=O) groups excluding carboxylic acids is 1. The van der Waals surface area contributed by atoms with Crippen LogP contribution in [0.15, 0.2) is 12.1 Å². The second-order valence-corrected chi connectivity index (χ2v) is 7.32. The molecule has 0 bridgehead atoms. The Balaban J connectivity index is 1.86. The summed E-state index contributed by atoms with van der Waals surface area (Å²) in [4.78, 5) is 13.8. The number of piperidine rings is 1. The molecule has 1 aliphatic rings. The summed E-state index contributed by atoms with van der Waals surface area (Å²) in [5, 5.41) is 8.94. The molecule has 0 saturated carbocycles. The van der Waals surface area contributed by atoms with E-state index in [1.807, 2.05) is 20.8 Å². The van der Waals surface area contributed by atoms with E-state index in [1.165, 1.54) is 19.2 Å². The minimum absolute atomic E-state index is 0.134. The van der Waals surface area contributed by atoms with Gasteiger partial charge in [-0.3, -0.25) is 0 Å². The Bertz CT molecular complexity index is 686. The van der Waals surface area contributed by atoms with Gasteiger partial charge in [0.15, 0.2) is 0 Å². The molecule has 0 unspecified atom stereocenters. The quantitative estimate of drug-likeness (QED) is 0.814. The Morgan fingerprint density at radius 1 is 1.35 bits per heavy atom. The van der Waals surface area contributed by atoms with Gasteiger partial charge < -0.3 is 19.1 Å². The molecule has 1 saturated heterocycles. The van der Waals surface area contributed by atoms with Crippen LogP contribution >= 0.6 is 0 Å². The third-order valence-electron chi connectivity index (χ3n) is 4.11. The molecule has 1 aromatic rings. The fourth-order valence-corrected chi connectivity index (χ4v) is 2.73. The summed E-state index contributed by atoms with van der Waals surface area (Å²) in [6.07, 6.45) is 1.28. The van der Waals surface area contributed by atoms with E-state index < -0.39 is 11.4 Å². The highest BCUT2D eigenvalue weighted by Gasteiger charge is 2.27. The molecule has 1 aromatic carbocycles. The van der Waals surface area contributed by atoms with Crippen molar-refractivity contribution in [3.63, 3.8) is 0 Å². The van der Waals surface area contributed by atoms with Crippen LogP contribution < -0.4 is 9.47 Å². The second kappa shape index (κ2) is 8.26. The van der Waals surface area contributed by atoms with E-state index in [-0.39, 0.29) is 23.3 Å². The Morgan fingerprint density at radius 2 is 2.00 bits per heavy atom. The highest BCUT2D eigenvalue weighted by molar-refractivity contribution is 5.68. The predicted octanol–water partition coefficient (Wildman–Crippen LogP) is 3.73. The van der Waals surface area contributed by atoms with Crippen LogP contribution in [0.3, 0.4) is 0 Å². The number of nitriles is 1. The summed E-state index contributed by atoms with van der Waals surface area (Å²) in [7, 11) is 1.38. The number of rotatable bonds is 4. The maximum Gasteiger partial charge on any atom is 0.410 e. The van der Waals surface area contributed by atoms with Gasteiger partial charge in [-0.05, 0) is 39.5 Å². The minimum Gasteiger partial charge on any atom is -0.495 e. The number of halogens is 1. The van der Waals surface area contributed by atoms with E-state index in [0.29, 0.717) is 25.4 Å². The van der Waals surface area contributed by atoms with Crippen LogP contribution in [-0.2, 0) is 4.74 Å². The smallest absolute Gasteiger partial charge is 0.410 e. The van der Waals surface area contributed by atoms with Gasteiger partial charge in [0.1, 0.15) is 34.5 Å². The van der Waals surface area contributed by atoms with Crippen LogP contribution in [0.4, 0.5) is 9.18 Å². The number of ether oxygens (including phenoxy) is 3. The first-order valence-electron chi connectivity index (χ1n) is 8.62. The molecule has 1 amide bonds. The first kappa shape index (κ1) is 19.8. The van der Waals surface area contributed by atoms with Gasteiger partial charge >= 0.3 is 6.09 Å². The molecule has 6 nitrogen and oxygen atoms in total. The van der Waals surface area contributed by atoms with Crippen LogP contribution in [0.25, 0.3) is 0 Å². The monoisotopic (exact) mass is 364 g/mol. The molecule has 142 valence electrons. The third-order valence-corrected chi connectivity index (χ3v) is 4.11. The summed E-state index contributed by atoms with van der Waals surface area (Å²) in [5.74, 6) is 0.0788. The van der Waals surface area contributed by atoms with Crippen molar-refractivity contribution in [2.75, 3.05) is 26.8 Å². The lowest BCUT2D eigenvalue weighted by Crippen LogP contribution is -2.42. The topological polar surface area (TPSA) is 71.8 Å². The first-order chi connectivity index (χ1) is 12.2. The number of nitrogens with zero attached hydrogens (tertiary/aromatic N) is 2. The van der Waals surface area contributed by atoms with E-state index in [4.69, 9.17) is 19.5 Å². The Labute approximate surface area is 153 Å². The van der Waals surface area contributed by atoms with Gasteiger partial charge in [-0.15, -0.1) is 0 Å². The fourth-order valence-electron chi connectivity index (χ4n) is 2.73. The van der Waals surface area contributed by atoms with E-state index in [9.17, 15) is 9.18 Å². The van der Waals surface area contributed by atoms with Gasteiger partial charge in [0.25, 0.3) is 0 Å². The normalized spacial score (nSPS) is 15.3.